The molecule has 2 heterocycles. The van der Waals surface area contributed by atoms with Crippen molar-refractivity contribution in [2.45, 2.75) is 76.2 Å². The molecule has 8 rings (SSSR count). The second kappa shape index (κ2) is 9.78. The lowest BCUT2D eigenvalue weighted by Crippen LogP contribution is -2.27. The molecular formula is C36H34BrN3S. The van der Waals surface area contributed by atoms with Gasteiger partial charge in [0.2, 0.25) is 0 Å². The third-order valence-corrected chi connectivity index (χ3v) is 11.2. The number of hydrogen-bond donors (Lipinski definition) is 0. The minimum atomic E-state index is 0.141. The monoisotopic (exact) mass is 619 g/mol. The molecular weight excluding hydrogens is 586 g/mol. The summed E-state index contributed by atoms with van der Waals surface area (Å²) in [4.78, 5) is 2.68. The molecule has 1 aromatic heterocycles. The van der Waals surface area contributed by atoms with Crippen molar-refractivity contribution in [3.8, 4) is 22.3 Å². The molecule has 0 radical (unpaired) electrons. The number of halogens is 1. The van der Waals surface area contributed by atoms with Gasteiger partial charge in [-0.2, -0.15) is 8.75 Å². The first kappa shape index (κ1) is 25.7. The van der Waals surface area contributed by atoms with Crippen LogP contribution in [0.3, 0.4) is 0 Å². The van der Waals surface area contributed by atoms with Crippen molar-refractivity contribution in [2.24, 2.45) is 0 Å². The summed E-state index contributed by atoms with van der Waals surface area (Å²) in [5.74, 6) is 0.573. The normalized spacial score (nSPS) is 19.8. The van der Waals surface area contributed by atoms with E-state index in [-0.39, 0.29) is 5.41 Å². The number of nitrogens with zero attached hydrogens (tertiary/aromatic N) is 3. The average Bonchev–Trinajstić information content (AvgIpc) is 3.77. The largest absolute Gasteiger partial charge is 0.337 e. The number of aromatic nitrogens is 2. The van der Waals surface area contributed by atoms with E-state index in [1.807, 2.05) is 0 Å². The predicted octanol–water partition coefficient (Wildman–Crippen LogP) is 10.8. The molecule has 2 atom stereocenters. The Morgan fingerprint density at radius 2 is 1.63 bits per heavy atom. The van der Waals surface area contributed by atoms with E-state index in [1.165, 1.54) is 95.9 Å². The second-order valence-corrected chi connectivity index (χ2v) is 13.5. The molecule has 1 saturated carbocycles. The highest BCUT2D eigenvalue weighted by molar-refractivity contribution is 9.10. The first-order chi connectivity index (χ1) is 20.1. The van der Waals surface area contributed by atoms with Crippen LogP contribution in [0.1, 0.15) is 81.4 Å². The van der Waals surface area contributed by atoms with E-state index in [2.05, 4.69) is 116 Å². The van der Waals surface area contributed by atoms with Crippen molar-refractivity contribution in [3.05, 3.63) is 94.0 Å². The maximum Gasteiger partial charge on any atom is 0.119 e. The molecule has 5 heteroatoms. The summed E-state index contributed by atoms with van der Waals surface area (Å²) in [7, 11) is 0. The van der Waals surface area contributed by atoms with Gasteiger partial charge in [-0.25, -0.2) is 0 Å². The van der Waals surface area contributed by atoms with Crippen LogP contribution in [0, 0.1) is 0 Å². The van der Waals surface area contributed by atoms with Gasteiger partial charge in [-0.05, 0) is 105 Å². The maximum absolute atomic E-state index is 4.66. The van der Waals surface area contributed by atoms with Crippen LogP contribution in [0.15, 0.2) is 77.3 Å². The fourth-order valence-electron chi connectivity index (χ4n) is 8.55. The van der Waals surface area contributed by atoms with Gasteiger partial charge < -0.3 is 4.90 Å². The van der Waals surface area contributed by atoms with Crippen molar-refractivity contribution >= 4 is 50.1 Å². The molecule has 2 aliphatic carbocycles. The van der Waals surface area contributed by atoms with E-state index in [9.17, 15) is 0 Å². The van der Waals surface area contributed by atoms with Crippen molar-refractivity contribution in [2.75, 3.05) is 4.90 Å². The Balaban J connectivity index is 1.25. The fourth-order valence-corrected chi connectivity index (χ4v) is 9.65. The van der Waals surface area contributed by atoms with E-state index in [1.54, 1.807) is 11.1 Å². The van der Waals surface area contributed by atoms with Gasteiger partial charge >= 0.3 is 0 Å². The van der Waals surface area contributed by atoms with E-state index in [0.717, 1.165) is 15.5 Å². The zero-order valence-corrected chi connectivity index (χ0v) is 26.1. The van der Waals surface area contributed by atoms with Gasteiger partial charge in [0.1, 0.15) is 11.0 Å². The molecule has 1 fully saturated rings. The molecule has 206 valence electrons. The Morgan fingerprint density at radius 3 is 2.49 bits per heavy atom. The summed E-state index contributed by atoms with van der Waals surface area (Å²) in [5, 5.41) is 0. The number of benzene rings is 4. The molecule has 0 spiro atoms. The van der Waals surface area contributed by atoms with Crippen LogP contribution in [0.25, 0.3) is 33.3 Å². The molecule has 3 aliphatic rings. The number of hydrogen-bond acceptors (Lipinski definition) is 4. The Morgan fingerprint density at radius 1 is 0.829 bits per heavy atom. The molecule has 0 saturated heterocycles. The number of anilines is 2. The van der Waals surface area contributed by atoms with Crippen molar-refractivity contribution in [1.82, 2.24) is 8.75 Å². The highest BCUT2D eigenvalue weighted by Crippen LogP contribution is 2.57. The van der Waals surface area contributed by atoms with E-state index >= 15 is 0 Å². The maximum atomic E-state index is 4.66. The zero-order valence-electron chi connectivity index (χ0n) is 23.7. The summed E-state index contributed by atoms with van der Waals surface area (Å²) in [6, 6.07) is 28.6. The van der Waals surface area contributed by atoms with Gasteiger partial charge in [0, 0.05) is 38.8 Å². The quantitative estimate of drug-likeness (QED) is 0.189. The molecule has 0 bridgehead atoms. The number of rotatable bonds is 6. The van der Waals surface area contributed by atoms with Gasteiger partial charge in [-0.1, -0.05) is 75.6 Å². The molecule has 0 N–H and O–H groups in total. The topological polar surface area (TPSA) is 29.0 Å². The Kier molecular flexibility index (Phi) is 6.12. The standard InChI is InChI=1S/C36H34BrN3S/c1-3-18-36(19-4-2)29-10-6-5-8-25(29)27-21-23(13-15-30(27)36)40-32-11-7-9-26(32)28-20-22(12-17-33(28)40)24-14-16-31(37)35-34(24)38-41-39-35/h5-6,8,10,12-17,20-21,26,32H,3-4,7,9,11,18-19H2,1-2H3. The summed E-state index contributed by atoms with van der Waals surface area (Å²) in [6.07, 6.45) is 8.61. The third-order valence-electron chi connectivity index (χ3n) is 10.1. The SMILES string of the molecule is CCCC1(CCC)c2ccccc2-c2cc(N3c4ccc(-c5ccc(Br)c6nsnc56)cc4C4CCCC43)ccc21. The van der Waals surface area contributed by atoms with E-state index < -0.39 is 0 Å². The Bertz CT molecular complexity index is 1800. The summed E-state index contributed by atoms with van der Waals surface area (Å²) in [5.41, 5.74) is 14.7. The molecule has 2 unspecified atom stereocenters. The van der Waals surface area contributed by atoms with Crippen molar-refractivity contribution in [1.29, 1.82) is 0 Å². The van der Waals surface area contributed by atoms with Gasteiger partial charge in [0.25, 0.3) is 0 Å². The van der Waals surface area contributed by atoms with Crippen molar-refractivity contribution in [3.63, 3.8) is 0 Å². The number of fused-ring (bicyclic) bond motifs is 7. The molecule has 5 aromatic rings. The van der Waals surface area contributed by atoms with E-state index in [0.29, 0.717) is 12.0 Å². The molecule has 1 aliphatic heterocycles. The van der Waals surface area contributed by atoms with Crippen LogP contribution < -0.4 is 4.90 Å². The predicted molar refractivity (Wildman–Crippen MR) is 176 cm³/mol. The average molecular weight is 621 g/mol. The van der Waals surface area contributed by atoms with Gasteiger partial charge in [0.05, 0.1) is 11.7 Å². The minimum absolute atomic E-state index is 0.141. The van der Waals surface area contributed by atoms with Gasteiger partial charge in [0.15, 0.2) is 0 Å². The van der Waals surface area contributed by atoms with E-state index in [4.69, 9.17) is 0 Å². The molecule has 0 amide bonds. The van der Waals surface area contributed by atoms with Crippen LogP contribution in [-0.2, 0) is 5.41 Å². The lowest BCUT2D eigenvalue weighted by atomic mass is 9.71. The third kappa shape index (κ3) is 3.67. The van der Waals surface area contributed by atoms with Crippen LogP contribution in [0.5, 0.6) is 0 Å². The van der Waals surface area contributed by atoms with Gasteiger partial charge in [-0.3, -0.25) is 0 Å². The highest BCUT2D eigenvalue weighted by Gasteiger charge is 2.45. The zero-order chi connectivity index (χ0) is 27.7. The molecule has 41 heavy (non-hydrogen) atoms. The van der Waals surface area contributed by atoms with Crippen LogP contribution in [-0.4, -0.2) is 14.8 Å². The summed E-state index contributed by atoms with van der Waals surface area (Å²) in [6.45, 7) is 4.68. The van der Waals surface area contributed by atoms with Crippen LogP contribution >= 0.6 is 27.7 Å². The van der Waals surface area contributed by atoms with Crippen LogP contribution in [0.4, 0.5) is 11.4 Å². The molecule has 4 aromatic carbocycles. The van der Waals surface area contributed by atoms with Crippen molar-refractivity contribution < 1.29 is 0 Å². The highest BCUT2D eigenvalue weighted by atomic mass is 79.9. The van der Waals surface area contributed by atoms with Crippen LogP contribution in [0.2, 0.25) is 0 Å². The lowest BCUT2D eigenvalue weighted by Gasteiger charge is -2.32. The first-order valence-corrected chi connectivity index (χ1v) is 16.8. The minimum Gasteiger partial charge on any atom is -0.337 e. The Hall–Kier alpha value is -3.02. The van der Waals surface area contributed by atoms with Gasteiger partial charge in [-0.15, -0.1) is 0 Å². The summed E-state index contributed by atoms with van der Waals surface area (Å²) < 4.78 is 10.2. The summed E-state index contributed by atoms with van der Waals surface area (Å²) >= 11 is 4.94. The second-order valence-electron chi connectivity index (χ2n) is 12.2. The fraction of sp³-hybridized carbons (Fsp3) is 0.333. The lowest BCUT2D eigenvalue weighted by molar-refractivity contribution is 0.436. The first-order valence-electron chi connectivity index (χ1n) is 15.2. The Labute approximate surface area is 255 Å². The molecule has 3 nitrogen and oxygen atoms in total. The smallest absolute Gasteiger partial charge is 0.119 e.